The van der Waals surface area contributed by atoms with Crippen molar-refractivity contribution in [2.75, 3.05) is 32.9 Å². The second-order valence-electron chi connectivity index (χ2n) is 14.5. The van der Waals surface area contributed by atoms with Gasteiger partial charge >= 0.3 is 17.7 Å². The predicted molar refractivity (Wildman–Crippen MR) is 221 cm³/mol. The molecular formula is C42H40N10O6. The molecular weight excluding hydrogens is 741 g/mol. The third-order valence-corrected chi connectivity index (χ3v) is 10.6. The Balaban J connectivity index is 0.923. The number of benzene rings is 4. The zero-order valence-electron chi connectivity index (χ0n) is 32.6. The minimum atomic E-state index is -1.37. The van der Waals surface area contributed by atoms with Gasteiger partial charge in [0.15, 0.2) is 12.3 Å². The lowest BCUT2D eigenvalue weighted by Gasteiger charge is -2.36. The van der Waals surface area contributed by atoms with Crippen molar-refractivity contribution in [1.29, 1.82) is 0 Å². The van der Waals surface area contributed by atoms with Gasteiger partial charge in [0, 0.05) is 40.6 Å². The molecule has 0 aliphatic carbocycles. The molecule has 1 fully saturated rings. The van der Waals surface area contributed by atoms with Crippen LogP contribution in [0.3, 0.4) is 0 Å². The molecule has 58 heavy (non-hydrogen) atoms. The van der Waals surface area contributed by atoms with Crippen molar-refractivity contribution in [3.63, 3.8) is 0 Å². The van der Waals surface area contributed by atoms with Crippen LogP contribution in [0.25, 0.3) is 11.1 Å². The Bertz CT molecular complexity index is 2790. The van der Waals surface area contributed by atoms with Gasteiger partial charge in [0.05, 0.1) is 22.5 Å². The Morgan fingerprint density at radius 3 is 2.60 bits per heavy atom. The second-order valence-corrected chi connectivity index (χ2v) is 14.5. The molecule has 3 aliphatic heterocycles. The average molecular weight is 781 g/mol. The number of aryl methyl sites for hydroxylation is 3. The van der Waals surface area contributed by atoms with E-state index in [4.69, 9.17) is 28.7 Å². The first-order chi connectivity index (χ1) is 27.9. The monoisotopic (exact) mass is 780 g/mol. The number of rotatable bonds is 10. The maximum Gasteiger partial charge on any atom is 0.417 e. The summed E-state index contributed by atoms with van der Waals surface area (Å²) in [6.45, 7) is 12.1. The van der Waals surface area contributed by atoms with Gasteiger partial charge in [0.25, 0.3) is 0 Å². The number of hydrogen-bond donors (Lipinski definition) is 6. The van der Waals surface area contributed by atoms with Crippen molar-refractivity contribution in [3.05, 3.63) is 128 Å². The van der Waals surface area contributed by atoms with Crippen molar-refractivity contribution in [3.8, 4) is 5.75 Å². The predicted octanol–water partition coefficient (Wildman–Crippen LogP) is 7.44. The highest BCUT2D eigenvalue weighted by atomic mass is 16.7. The summed E-state index contributed by atoms with van der Waals surface area (Å²) >= 11 is 0. The number of carbonyl (C=O) groups excluding carboxylic acids is 1. The molecule has 1 atom stereocenters. The van der Waals surface area contributed by atoms with E-state index in [1.54, 1.807) is 36.7 Å². The second kappa shape index (κ2) is 14.0. The standard InChI is InChI=1S/C42H40N10O6/c1-21-11-29(47-40-43-17-23(3)37(49-40)46-28-7-9-36-34(15-28)48-41(54)57-36)13-27(25(21)5)19-55-39(53)32-14-30(12-22(2)26(32)6)50-42-45-18-24(4)38(51-58-42)52(42)31-8-10-35-33(16-31)44-20-56-35/h7-18,44,50-51H,19-20H2,1-6H3,(H,48,54)(H2,43,46,47,49). The van der Waals surface area contributed by atoms with Gasteiger partial charge in [-0.2, -0.15) is 4.98 Å². The van der Waals surface area contributed by atoms with Gasteiger partial charge in [-0.25, -0.2) is 29.9 Å². The molecule has 4 aromatic carbocycles. The topological polar surface area (TPSA) is 192 Å². The van der Waals surface area contributed by atoms with Crippen molar-refractivity contribution < 1.29 is 23.5 Å². The number of H-pyrrole nitrogens is 1. The number of oxazole rings is 1. The quantitative estimate of drug-likeness (QED) is 0.0752. The van der Waals surface area contributed by atoms with E-state index in [1.165, 1.54) is 0 Å². The van der Waals surface area contributed by atoms with Gasteiger partial charge in [-0.1, -0.05) is 0 Å². The fourth-order valence-corrected chi connectivity index (χ4v) is 7.11. The number of aliphatic imine (C=N–C) groups is 1. The van der Waals surface area contributed by atoms with Crippen LogP contribution in [0.2, 0.25) is 0 Å². The highest BCUT2D eigenvalue weighted by Gasteiger charge is 2.50. The molecule has 16 heteroatoms. The van der Waals surface area contributed by atoms with Crippen LogP contribution in [0.15, 0.2) is 92.5 Å². The van der Waals surface area contributed by atoms with E-state index in [0.29, 0.717) is 40.8 Å². The number of esters is 1. The minimum absolute atomic E-state index is 0.0376. The molecule has 1 saturated heterocycles. The summed E-state index contributed by atoms with van der Waals surface area (Å²) in [6, 6.07) is 18.8. The van der Waals surface area contributed by atoms with Crippen LogP contribution in [0.4, 0.5) is 40.2 Å². The minimum Gasteiger partial charge on any atom is -0.471 e. The summed E-state index contributed by atoms with van der Waals surface area (Å²) in [5.74, 6) is 0.107. The van der Waals surface area contributed by atoms with Crippen LogP contribution < -0.4 is 42.1 Å². The number of carbonyl (C=O) groups is 1. The maximum absolute atomic E-state index is 13.9. The van der Waals surface area contributed by atoms with Gasteiger partial charge in [-0.3, -0.25) is 9.88 Å². The van der Waals surface area contributed by atoms with E-state index in [-0.39, 0.29) is 6.61 Å². The summed E-state index contributed by atoms with van der Waals surface area (Å²) in [4.78, 5) is 50.2. The number of ether oxygens (including phenoxy) is 2. The summed E-state index contributed by atoms with van der Waals surface area (Å²) in [5.41, 5.74) is 14.5. The van der Waals surface area contributed by atoms with Crippen LogP contribution >= 0.6 is 0 Å². The van der Waals surface area contributed by atoms with E-state index in [2.05, 4.69) is 36.7 Å². The molecule has 1 unspecified atom stereocenters. The highest BCUT2D eigenvalue weighted by Crippen LogP contribution is 2.42. The first-order valence-electron chi connectivity index (χ1n) is 18.6. The number of nitrogens with one attached hydrogen (secondary N) is 6. The fraction of sp³-hybridized carbons (Fsp3) is 0.214. The van der Waals surface area contributed by atoms with E-state index < -0.39 is 17.7 Å². The van der Waals surface area contributed by atoms with Gasteiger partial charge in [-0.05, 0) is 130 Å². The maximum atomic E-state index is 13.9. The first-order valence-corrected chi connectivity index (χ1v) is 18.6. The highest BCUT2D eigenvalue weighted by molar-refractivity contribution is 5.93. The smallest absolute Gasteiger partial charge is 0.417 e. The van der Waals surface area contributed by atoms with Crippen LogP contribution in [-0.2, 0) is 16.2 Å². The number of hydrogen-bond acceptors (Lipinski definition) is 15. The van der Waals surface area contributed by atoms with E-state index in [1.807, 2.05) is 82.8 Å². The number of aromatic nitrogens is 3. The molecule has 2 aromatic heterocycles. The zero-order valence-corrected chi connectivity index (χ0v) is 32.6. The third-order valence-electron chi connectivity index (χ3n) is 10.6. The molecule has 294 valence electrons. The molecule has 2 bridgehead atoms. The summed E-state index contributed by atoms with van der Waals surface area (Å²) in [6.07, 6.45) is 3.47. The molecule has 3 aliphatic rings. The fourth-order valence-electron chi connectivity index (χ4n) is 7.11. The van der Waals surface area contributed by atoms with Crippen molar-refractivity contribution >= 4 is 63.5 Å². The normalized spacial score (nSPS) is 16.5. The van der Waals surface area contributed by atoms with E-state index in [9.17, 15) is 9.59 Å². The Hall–Kier alpha value is -7.33. The lowest BCUT2D eigenvalue weighted by molar-refractivity contribution is -0.0214. The third kappa shape index (κ3) is 6.58. The van der Waals surface area contributed by atoms with Crippen LogP contribution in [0.5, 0.6) is 5.75 Å². The number of nitrogens with zero attached hydrogens (tertiary/aromatic N) is 4. The van der Waals surface area contributed by atoms with Crippen LogP contribution in [-0.4, -0.2) is 39.8 Å². The van der Waals surface area contributed by atoms with Gasteiger partial charge < -0.3 is 35.2 Å². The van der Waals surface area contributed by atoms with Gasteiger partial charge in [0.1, 0.15) is 24.0 Å². The average Bonchev–Trinajstić information content (AvgIpc) is 3.90. The molecule has 9 rings (SSSR count). The summed E-state index contributed by atoms with van der Waals surface area (Å²) in [5, 5.41) is 13.3. The molecule has 6 aromatic rings. The summed E-state index contributed by atoms with van der Waals surface area (Å²) < 4.78 is 16.8. The van der Waals surface area contributed by atoms with Crippen molar-refractivity contribution in [2.24, 2.45) is 4.99 Å². The lowest BCUT2D eigenvalue weighted by Crippen LogP contribution is -2.51. The van der Waals surface area contributed by atoms with Crippen LogP contribution in [0, 0.1) is 34.6 Å². The molecule has 6 N–H and O–H groups in total. The van der Waals surface area contributed by atoms with Gasteiger partial charge in [-0.15, -0.1) is 0 Å². The molecule has 16 nitrogen and oxygen atoms in total. The zero-order chi connectivity index (χ0) is 40.3. The number of hydroxylamine groups is 1. The Morgan fingerprint density at radius 1 is 0.914 bits per heavy atom. The number of fused-ring (bicyclic) bond motifs is 4. The molecule has 0 amide bonds. The first kappa shape index (κ1) is 36.3. The van der Waals surface area contributed by atoms with E-state index in [0.717, 1.165) is 73.3 Å². The number of aromatic amines is 1. The van der Waals surface area contributed by atoms with Crippen molar-refractivity contribution in [1.82, 2.24) is 20.4 Å². The molecule has 0 saturated carbocycles. The number of anilines is 7. The van der Waals surface area contributed by atoms with Crippen LogP contribution in [0.1, 0.15) is 50.7 Å². The Labute approximate surface area is 332 Å². The molecule has 5 heterocycles. The lowest BCUT2D eigenvalue weighted by atomic mass is 10.0. The Kier molecular flexibility index (Phi) is 8.77. The Morgan fingerprint density at radius 2 is 1.74 bits per heavy atom. The SMILES string of the molecule is CC1=C2NOC(Nc3cc(C)c(C)c(C(=O)OCc4cc(Nc5ncc(C)c(Nc6ccc7oc(=O)[nH]c7c6)n5)cc(C)c4C)c3)(N=C1)N2c1ccc2c(c1)NCO2. The summed E-state index contributed by atoms with van der Waals surface area (Å²) in [7, 11) is 0. The van der Waals surface area contributed by atoms with Crippen molar-refractivity contribution in [2.45, 2.75) is 54.1 Å². The van der Waals surface area contributed by atoms with E-state index >= 15 is 0 Å². The largest absolute Gasteiger partial charge is 0.471 e. The van der Waals surface area contributed by atoms with Gasteiger partial charge in [0.2, 0.25) is 5.95 Å². The molecule has 0 spiro atoms. The molecule has 0 radical (unpaired) electrons. The number of allylic oxidation sites excluding steroid dienone is 1.